The molecule has 0 aliphatic carbocycles. The van der Waals surface area contributed by atoms with Crippen LogP contribution in [0.3, 0.4) is 0 Å². The number of rotatable bonds is 3. The van der Waals surface area contributed by atoms with Crippen molar-refractivity contribution in [1.82, 2.24) is 14.8 Å². The van der Waals surface area contributed by atoms with E-state index in [1.165, 1.54) is 19.2 Å². The normalized spacial score (nSPS) is 10.8. The van der Waals surface area contributed by atoms with Crippen LogP contribution in [0.4, 0.5) is 4.39 Å². The fourth-order valence-corrected chi connectivity index (χ4v) is 2.75. The van der Waals surface area contributed by atoms with Crippen LogP contribution in [0.25, 0.3) is 22.4 Å². The van der Waals surface area contributed by atoms with Crippen molar-refractivity contribution in [1.29, 1.82) is 0 Å². The minimum Gasteiger partial charge on any atom is -0.496 e. The molecule has 0 fully saturated rings. The molecule has 23 heavy (non-hydrogen) atoms. The van der Waals surface area contributed by atoms with Gasteiger partial charge in [-0.1, -0.05) is 11.6 Å². The standard InChI is InChI=1S/C17H15ClFN3O/c1-10-14(13-5-4-12(19)6-16(13)23-3)7-15(18)17(21-10)11-8-20-22(2)9-11/h4-9H,1-3H3. The molecular weight excluding hydrogens is 317 g/mol. The maximum Gasteiger partial charge on any atom is 0.129 e. The van der Waals surface area contributed by atoms with E-state index in [9.17, 15) is 4.39 Å². The van der Waals surface area contributed by atoms with Gasteiger partial charge in [0.2, 0.25) is 0 Å². The largest absolute Gasteiger partial charge is 0.496 e. The molecule has 2 aromatic heterocycles. The fourth-order valence-electron chi connectivity index (χ4n) is 2.49. The molecule has 4 nitrogen and oxygen atoms in total. The number of ether oxygens (including phenoxy) is 1. The van der Waals surface area contributed by atoms with Crippen LogP contribution < -0.4 is 4.74 Å². The predicted octanol–water partition coefficient (Wildman–Crippen LogP) is 4.26. The van der Waals surface area contributed by atoms with Gasteiger partial charge in [0.15, 0.2) is 0 Å². The van der Waals surface area contributed by atoms with Crippen LogP contribution in [0.5, 0.6) is 5.75 Å². The fraction of sp³-hybridized carbons (Fsp3) is 0.176. The average molecular weight is 332 g/mol. The maximum absolute atomic E-state index is 13.4. The molecule has 0 bridgehead atoms. The van der Waals surface area contributed by atoms with Crippen LogP contribution in [0.15, 0.2) is 36.7 Å². The SMILES string of the molecule is COc1cc(F)ccc1-c1cc(Cl)c(-c2cnn(C)c2)nc1C. The molecule has 0 atom stereocenters. The second kappa shape index (κ2) is 6.01. The summed E-state index contributed by atoms with van der Waals surface area (Å²) < 4.78 is 20.4. The molecule has 1 aromatic carbocycles. The summed E-state index contributed by atoms with van der Waals surface area (Å²) in [7, 11) is 3.34. The Hall–Kier alpha value is -2.40. The summed E-state index contributed by atoms with van der Waals surface area (Å²) in [6, 6.07) is 6.22. The Morgan fingerprint density at radius 2 is 2.00 bits per heavy atom. The van der Waals surface area contributed by atoms with E-state index in [1.807, 2.05) is 26.2 Å². The van der Waals surface area contributed by atoms with Crippen molar-refractivity contribution in [3.8, 4) is 28.1 Å². The Bertz CT molecular complexity index is 876. The van der Waals surface area contributed by atoms with Gasteiger partial charge in [0.1, 0.15) is 11.6 Å². The van der Waals surface area contributed by atoms with Gasteiger partial charge < -0.3 is 4.74 Å². The zero-order valence-corrected chi connectivity index (χ0v) is 13.7. The highest BCUT2D eigenvalue weighted by molar-refractivity contribution is 6.33. The highest BCUT2D eigenvalue weighted by Crippen LogP contribution is 2.36. The van der Waals surface area contributed by atoms with E-state index in [4.69, 9.17) is 16.3 Å². The van der Waals surface area contributed by atoms with Crippen LogP contribution in [-0.2, 0) is 7.05 Å². The number of nitrogens with zero attached hydrogens (tertiary/aromatic N) is 3. The zero-order chi connectivity index (χ0) is 16.6. The van der Waals surface area contributed by atoms with Gasteiger partial charge in [-0.2, -0.15) is 5.10 Å². The zero-order valence-electron chi connectivity index (χ0n) is 13.0. The Balaban J connectivity index is 2.14. The molecule has 0 N–H and O–H groups in total. The highest BCUT2D eigenvalue weighted by Gasteiger charge is 2.15. The van der Waals surface area contributed by atoms with E-state index < -0.39 is 0 Å². The first kappa shape index (κ1) is 15.5. The minimum atomic E-state index is -0.353. The van der Waals surface area contributed by atoms with Gasteiger partial charge in [-0.15, -0.1) is 0 Å². The van der Waals surface area contributed by atoms with Crippen molar-refractivity contribution in [2.45, 2.75) is 6.92 Å². The minimum absolute atomic E-state index is 0.353. The Morgan fingerprint density at radius 1 is 1.22 bits per heavy atom. The first-order chi connectivity index (χ1) is 11.0. The van der Waals surface area contributed by atoms with E-state index in [-0.39, 0.29) is 5.82 Å². The molecule has 3 rings (SSSR count). The van der Waals surface area contributed by atoms with Crippen LogP contribution in [-0.4, -0.2) is 21.9 Å². The highest BCUT2D eigenvalue weighted by atomic mass is 35.5. The molecule has 0 spiro atoms. The van der Waals surface area contributed by atoms with Crippen molar-refractivity contribution in [3.05, 3.63) is 53.2 Å². The summed E-state index contributed by atoms with van der Waals surface area (Å²) in [5.41, 5.74) is 3.84. The maximum atomic E-state index is 13.4. The van der Waals surface area contributed by atoms with Gasteiger partial charge in [0.25, 0.3) is 0 Å². The van der Waals surface area contributed by atoms with E-state index in [0.29, 0.717) is 16.5 Å². The third-order valence-electron chi connectivity index (χ3n) is 3.60. The monoisotopic (exact) mass is 331 g/mol. The summed E-state index contributed by atoms with van der Waals surface area (Å²) >= 11 is 6.41. The van der Waals surface area contributed by atoms with Crippen molar-refractivity contribution in [2.75, 3.05) is 7.11 Å². The number of pyridine rings is 1. The number of aryl methyl sites for hydroxylation is 2. The van der Waals surface area contributed by atoms with E-state index in [2.05, 4.69) is 10.1 Å². The summed E-state index contributed by atoms with van der Waals surface area (Å²) in [6.07, 6.45) is 3.57. The first-order valence-electron chi connectivity index (χ1n) is 6.99. The molecule has 2 heterocycles. The number of benzene rings is 1. The molecule has 0 radical (unpaired) electrons. The lowest BCUT2D eigenvalue weighted by Gasteiger charge is -2.13. The Morgan fingerprint density at radius 3 is 2.65 bits per heavy atom. The quantitative estimate of drug-likeness (QED) is 0.720. The second-order valence-electron chi connectivity index (χ2n) is 5.20. The van der Waals surface area contributed by atoms with Crippen molar-refractivity contribution >= 4 is 11.6 Å². The molecule has 0 aliphatic heterocycles. The lowest BCUT2D eigenvalue weighted by Crippen LogP contribution is -1.95. The lowest BCUT2D eigenvalue weighted by atomic mass is 10.0. The summed E-state index contributed by atoms with van der Waals surface area (Å²) in [6.45, 7) is 1.88. The molecule has 118 valence electrons. The summed E-state index contributed by atoms with van der Waals surface area (Å²) in [5.74, 6) is 0.0920. The molecule has 0 saturated carbocycles. The first-order valence-corrected chi connectivity index (χ1v) is 7.37. The Kier molecular flexibility index (Phi) is 4.05. The van der Waals surface area contributed by atoms with Crippen molar-refractivity contribution in [2.24, 2.45) is 7.05 Å². The molecule has 0 aliphatic rings. The van der Waals surface area contributed by atoms with Crippen molar-refractivity contribution in [3.63, 3.8) is 0 Å². The molecule has 0 saturated heterocycles. The van der Waals surface area contributed by atoms with Gasteiger partial charge >= 0.3 is 0 Å². The number of halogens is 2. The lowest BCUT2D eigenvalue weighted by molar-refractivity contribution is 0.413. The second-order valence-corrected chi connectivity index (χ2v) is 5.61. The van der Waals surface area contributed by atoms with E-state index in [0.717, 1.165) is 22.4 Å². The number of hydrogen-bond donors (Lipinski definition) is 0. The number of methoxy groups -OCH3 is 1. The van der Waals surface area contributed by atoms with Gasteiger partial charge in [-0.3, -0.25) is 9.67 Å². The summed E-state index contributed by atoms with van der Waals surface area (Å²) in [5, 5.41) is 4.64. The molecule has 0 amide bonds. The number of aromatic nitrogens is 3. The topological polar surface area (TPSA) is 39.9 Å². The van der Waals surface area contributed by atoms with Gasteiger partial charge in [0, 0.05) is 41.7 Å². The molecule has 3 aromatic rings. The average Bonchev–Trinajstić information content (AvgIpc) is 2.95. The third-order valence-corrected chi connectivity index (χ3v) is 3.89. The molecule has 6 heteroatoms. The van der Waals surface area contributed by atoms with Gasteiger partial charge in [0.05, 0.1) is 24.0 Å². The van der Waals surface area contributed by atoms with Crippen LogP contribution in [0, 0.1) is 12.7 Å². The number of hydrogen-bond acceptors (Lipinski definition) is 3. The van der Waals surface area contributed by atoms with E-state index in [1.54, 1.807) is 16.9 Å². The summed E-state index contributed by atoms with van der Waals surface area (Å²) in [4.78, 5) is 4.60. The van der Waals surface area contributed by atoms with Gasteiger partial charge in [-0.25, -0.2) is 4.39 Å². The molecule has 0 unspecified atom stereocenters. The van der Waals surface area contributed by atoms with Gasteiger partial charge in [-0.05, 0) is 25.1 Å². The predicted molar refractivity (Wildman–Crippen MR) is 88.1 cm³/mol. The third kappa shape index (κ3) is 2.92. The Labute approximate surface area is 138 Å². The molecular formula is C17H15ClFN3O. The van der Waals surface area contributed by atoms with Crippen LogP contribution in [0.2, 0.25) is 5.02 Å². The van der Waals surface area contributed by atoms with E-state index >= 15 is 0 Å². The smallest absolute Gasteiger partial charge is 0.129 e. The van der Waals surface area contributed by atoms with Crippen molar-refractivity contribution < 1.29 is 9.13 Å². The van der Waals surface area contributed by atoms with Crippen LogP contribution >= 0.6 is 11.6 Å². The van der Waals surface area contributed by atoms with Crippen LogP contribution in [0.1, 0.15) is 5.69 Å².